The van der Waals surface area contributed by atoms with Gasteiger partial charge in [0.2, 0.25) is 0 Å². The van der Waals surface area contributed by atoms with E-state index in [1.165, 1.54) is 0 Å². The summed E-state index contributed by atoms with van der Waals surface area (Å²) in [5.74, 6) is 0.729. The molecule has 3 nitrogen and oxygen atoms in total. The minimum absolute atomic E-state index is 0.0849. The van der Waals surface area contributed by atoms with Crippen molar-refractivity contribution < 1.29 is 9.53 Å². The largest absolute Gasteiger partial charge is 0.496 e. The van der Waals surface area contributed by atoms with Crippen LogP contribution >= 0.6 is 0 Å². The summed E-state index contributed by atoms with van der Waals surface area (Å²) in [5, 5.41) is 8.66. The summed E-state index contributed by atoms with van der Waals surface area (Å²) in [7, 11) is 1.61. The van der Waals surface area contributed by atoms with E-state index in [0.717, 1.165) is 29.7 Å². The minimum Gasteiger partial charge on any atom is -0.496 e. The molecule has 0 radical (unpaired) electrons. The number of benzene rings is 1. The molecule has 1 atom stereocenters. The molecule has 0 N–H and O–H groups in total. The summed E-state index contributed by atoms with van der Waals surface area (Å²) >= 11 is 0. The Hall–Kier alpha value is -1.82. The third-order valence-corrected chi connectivity index (χ3v) is 3.07. The van der Waals surface area contributed by atoms with Crippen LogP contribution in [0.5, 0.6) is 5.75 Å². The van der Waals surface area contributed by atoms with Crippen molar-refractivity contribution in [1.29, 1.82) is 5.26 Å². The summed E-state index contributed by atoms with van der Waals surface area (Å²) in [6.07, 6.45) is 1.88. The maximum atomic E-state index is 12.1. The summed E-state index contributed by atoms with van der Waals surface area (Å²) in [6, 6.07) is 7.59. The van der Waals surface area contributed by atoms with E-state index in [1.807, 2.05) is 18.2 Å². The van der Waals surface area contributed by atoms with Crippen LogP contribution in [0.15, 0.2) is 18.2 Å². The van der Waals surface area contributed by atoms with Gasteiger partial charge in [-0.15, -0.1) is 0 Å². The number of fused-ring (bicyclic) bond motifs is 1. The predicted octanol–water partition coefficient (Wildman–Crippen LogP) is 2.35. The Morgan fingerprint density at radius 2 is 2.38 bits per heavy atom. The van der Waals surface area contributed by atoms with Crippen molar-refractivity contribution in [3.63, 3.8) is 0 Å². The first-order valence-corrected chi connectivity index (χ1v) is 5.35. The summed E-state index contributed by atoms with van der Waals surface area (Å²) in [4.78, 5) is 12.1. The van der Waals surface area contributed by atoms with Gasteiger partial charge in [0.1, 0.15) is 5.75 Å². The number of carbonyl (C=O) groups excluding carboxylic acids is 1. The van der Waals surface area contributed by atoms with Gasteiger partial charge in [-0.1, -0.05) is 12.1 Å². The highest BCUT2D eigenvalue weighted by molar-refractivity contribution is 6.00. The highest BCUT2D eigenvalue weighted by atomic mass is 16.5. The molecule has 0 unspecified atom stereocenters. The zero-order chi connectivity index (χ0) is 11.5. The van der Waals surface area contributed by atoms with Crippen LogP contribution < -0.4 is 4.74 Å². The van der Waals surface area contributed by atoms with Gasteiger partial charge >= 0.3 is 0 Å². The van der Waals surface area contributed by atoms with E-state index in [1.54, 1.807) is 7.11 Å². The maximum absolute atomic E-state index is 12.1. The zero-order valence-electron chi connectivity index (χ0n) is 9.19. The molecule has 16 heavy (non-hydrogen) atoms. The molecule has 82 valence electrons. The average molecular weight is 215 g/mol. The molecule has 0 spiro atoms. The van der Waals surface area contributed by atoms with E-state index in [9.17, 15) is 4.79 Å². The fraction of sp³-hybridized carbons (Fsp3) is 0.385. The standard InChI is InChI=1S/C13H13NO2/c1-16-12-4-2-3-11-10(12)6-5-9(7-8-14)13(11)15/h2-4,9H,5-7H2,1H3/t9-/m1/s1. The molecule has 0 saturated heterocycles. The molecular weight excluding hydrogens is 202 g/mol. The quantitative estimate of drug-likeness (QED) is 0.760. The van der Waals surface area contributed by atoms with Crippen molar-refractivity contribution in [2.24, 2.45) is 5.92 Å². The Labute approximate surface area is 94.6 Å². The van der Waals surface area contributed by atoms with E-state index in [-0.39, 0.29) is 11.7 Å². The number of nitrogens with zero attached hydrogens (tertiary/aromatic N) is 1. The monoisotopic (exact) mass is 215 g/mol. The van der Waals surface area contributed by atoms with Gasteiger partial charge in [0.25, 0.3) is 0 Å². The van der Waals surface area contributed by atoms with E-state index >= 15 is 0 Å². The topological polar surface area (TPSA) is 50.1 Å². The van der Waals surface area contributed by atoms with Crippen molar-refractivity contribution in [3.05, 3.63) is 29.3 Å². The Morgan fingerprint density at radius 1 is 1.56 bits per heavy atom. The summed E-state index contributed by atoms with van der Waals surface area (Å²) in [5.41, 5.74) is 1.72. The van der Waals surface area contributed by atoms with Crippen LogP contribution in [0.25, 0.3) is 0 Å². The third-order valence-electron chi connectivity index (χ3n) is 3.07. The lowest BCUT2D eigenvalue weighted by Crippen LogP contribution is -2.22. The van der Waals surface area contributed by atoms with Crippen molar-refractivity contribution >= 4 is 5.78 Å². The lowest BCUT2D eigenvalue weighted by Gasteiger charge is -2.22. The van der Waals surface area contributed by atoms with Crippen LogP contribution in [-0.4, -0.2) is 12.9 Å². The Morgan fingerprint density at radius 3 is 3.06 bits per heavy atom. The van der Waals surface area contributed by atoms with Gasteiger partial charge in [-0.05, 0) is 18.9 Å². The first-order valence-electron chi connectivity index (χ1n) is 5.35. The second-order valence-corrected chi connectivity index (χ2v) is 3.95. The van der Waals surface area contributed by atoms with Crippen LogP contribution in [0.4, 0.5) is 0 Å². The first kappa shape index (κ1) is 10.7. The molecular formula is C13H13NO2. The van der Waals surface area contributed by atoms with Crippen molar-refractivity contribution in [3.8, 4) is 11.8 Å². The lowest BCUT2D eigenvalue weighted by molar-refractivity contribution is 0.0903. The molecule has 0 amide bonds. The Balaban J connectivity index is 2.39. The highest BCUT2D eigenvalue weighted by Crippen LogP contribution is 2.32. The molecule has 0 bridgehead atoms. The van der Waals surface area contributed by atoms with E-state index in [2.05, 4.69) is 6.07 Å². The number of ether oxygens (including phenoxy) is 1. The van der Waals surface area contributed by atoms with Gasteiger partial charge in [-0.25, -0.2) is 0 Å². The van der Waals surface area contributed by atoms with Gasteiger partial charge in [0, 0.05) is 23.5 Å². The van der Waals surface area contributed by atoms with Crippen LogP contribution in [-0.2, 0) is 6.42 Å². The molecule has 3 heteroatoms. The van der Waals surface area contributed by atoms with Crippen LogP contribution in [0.3, 0.4) is 0 Å². The molecule has 1 aromatic carbocycles. The molecule has 1 aliphatic carbocycles. The van der Waals surface area contributed by atoms with Gasteiger partial charge in [0.05, 0.1) is 13.2 Å². The number of nitriles is 1. The molecule has 2 rings (SSSR count). The number of hydrogen-bond donors (Lipinski definition) is 0. The smallest absolute Gasteiger partial charge is 0.167 e. The number of methoxy groups -OCH3 is 1. The van der Waals surface area contributed by atoms with Crippen LogP contribution in [0, 0.1) is 17.2 Å². The first-order chi connectivity index (χ1) is 7.77. The second kappa shape index (κ2) is 4.36. The number of Topliss-reactive ketones (excluding diaryl/α,β-unsaturated/α-hetero) is 1. The van der Waals surface area contributed by atoms with Crippen LogP contribution in [0.1, 0.15) is 28.8 Å². The Kier molecular flexibility index (Phi) is 2.91. The zero-order valence-corrected chi connectivity index (χ0v) is 9.19. The van der Waals surface area contributed by atoms with E-state index in [0.29, 0.717) is 6.42 Å². The molecule has 0 fully saturated rings. The molecule has 1 aromatic rings. The van der Waals surface area contributed by atoms with Gasteiger partial charge < -0.3 is 4.74 Å². The van der Waals surface area contributed by atoms with Gasteiger partial charge in [0.15, 0.2) is 5.78 Å². The summed E-state index contributed by atoms with van der Waals surface area (Å²) in [6.45, 7) is 0. The minimum atomic E-state index is -0.135. The predicted molar refractivity (Wildman–Crippen MR) is 59.4 cm³/mol. The number of ketones is 1. The fourth-order valence-corrected chi connectivity index (χ4v) is 2.22. The Bertz CT molecular complexity index is 459. The van der Waals surface area contributed by atoms with Gasteiger partial charge in [-0.2, -0.15) is 5.26 Å². The van der Waals surface area contributed by atoms with E-state index < -0.39 is 0 Å². The highest BCUT2D eigenvalue weighted by Gasteiger charge is 2.28. The van der Waals surface area contributed by atoms with Crippen molar-refractivity contribution in [2.75, 3.05) is 7.11 Å². The van der Waals surface area contributed by atoms with E-state index in [4.69, 9.17) is 10.00 Å². The lowest BCUT2D eigenvalue weighted by atomic mass is 9.81. The average Bonchev–Trinajstić information content (AvgIpc) is 2.32. The van der Waals surface area contributed by atoms with Crippen LogP contribution in [0.2, 0.25) is 0 Å². The normalized spacial score (nSPS) is 18.8. The number of rotatable bonds is 2. The number of hydrogen-bond acceptors (Lipinski definition) is 3. The van der Waals surface area contributed by atoms with Crippen molar-refractivity contribution in [1.82, 2.24) is 0 Å². The summed E-state index contributed by atoms with van der Waals surface area (Å²) < 4.78 is 5.24. The molecule has 0 heterocycles. The SMILES string of the molecule is COc1cccc2c1CC[C@H](CC#N)C2=O. The third kappa shape index (κ3) is 1.67. The maximum Gasteiger partial charge on any atom is 0.167 e. The molecule has 1 aliphatic rings. The second-order valence-electron chi connectivity index (χ2n) is 3.95. The molecule has 0 aliphatic heterocycles. The molecule has 0 saturated carbocycles. The fourth-order valence-electron chi connectivity index (χ4n) is 2.22. The number of carbonyl (C=O) groups is 1. The van der Waals surface area contributed by atoms with Crippen molar-refractivity contribution in [2.45, 2.75) is 19.3 Å². The molecule has 0 aromatic heterocycles. The van der Waals surface area contributed by atoms with Gasteiger partial charge in [-0.3, -0.25) is 4.79 Å².